The molecule has 25 heavy (non-hydrogen) atoms. The van der Waals surface area contributed by atoms with Crippen LogP contribution >= 0.6 is 0 Å². The number of alkyl halides is 6. The van der Waals surface area contributed by atoms with Gasteiger partial charge in [0.05, 0.1) is 11.1 Å². The highest BCUT2D eigenvalue weighted by atomic mass is 19.4. The van der Waals surface area contributed by atoms with Crippen molar-refractivity contribution in [1.29, 1.82) is 0 Å². The molecule has 0 aromatic heterocycles. The molecule has 0 aliphatic carbocycles. The molecule has 1 unspecified atom stereocenters. The molecule has 0 bridgehead atoms. The summed E-state index contributed by atoms with van der Waals surface area (Å²) in [6, 6.07) is 8.19. The minimum atomic E-state index is -5.02. The van der Waals surface area contributed by atoms with E-state index < -0.39 is 41.2 Å². The average molecular weight is 363 g/mol. The van der Waals surface area contributed by atoms with E-state index in [1.54, 1.807) is 6.07 Å². The Morgan fingerprint density at radius 3 is 1.76 bits per heavy atom. The van der Waals surface area contributed by atoms with E-state index in [0.717, 1.165) is 0 Å². The molecule has 2 rings (SSSR count). The number of amides is 1. The molecule has 0 aliphatic heterocycles. The second-order valence-corrected chi connectivity index (χ2v) is 5.05. The van der Waals surface area contributed by atoms with Crippen molar-refractivity contribution in [3.8, 4) is 5.75 Å². The highest BCUT2D eigenvalue weighted by Crippen LogP contribution is 2.39. The van der Waals surface area contributed by atoms with Crippen LogP contribution in [0.4, 0.5) is 26.3 Å². The molecule has 2 N–H and O–H groups in total. The Balaban J connectivity index is 2.48. The third-order valence-electron chi connectivity index (χ3n) is 3.18. The van der Waals surface area contributed by atoms with Gasteiger partial charge >= 0.3 is 12.4 Å². The van der Waals surface area contributed by atoms with Gasteiger partial charge in [-0.25, -0.2) is 0 Å². The van der Waals surface area contributed by atoms with E-state index >= 15 is 0 Å². The van der Waals surface area contributed by atoms with E-state index in [4.69, 9.17) is 10.5 Å². The highest BCUT2D eigenvalue weighted by molar-refractivity contribution is 5.80. The van der Waals surface area contributed by atoms with Crippen LogP contribution in [0.25, 0.3) is 0 Å². The lowest BCUT2D eigenvalue weighted by Gasteiger charge is -2.19. The fourth-order valence-corrected chi connectivity index (χ4v) is 2.05. The molecule has 0 radical (unpaired) electrons. The Morgan fingerprint density at radius 2 is 1.36 bits per heavy atom. The molecule has 9 heteroatoms. The number of ether oxygens (including phenoxy) is 1. The van der Waals surface area contributed by atoms with E-state index in [0.29, 0.717) is 12.1 Å². The van der Waals surface area contributed by atoms with Crippen LogP contribution in [0.5, 0.6) is 5.75 Å². The van der Waals surface area contributed by atoms with Gasteiger partial charge < -0.3 is 10.5 Å². The number of hydrogen-bond donors (Lipinski definition) is 1. The lowest BCUT2D eigenvalue weighted by atomic mass is 10.1. The van der Waals surface area contributed by atoms with Crippen LogP contribution < -0.4 is 10.5 Å². The van der Waals surface area contributed by atoms with Gasteiger partial charge in [-0.1, -0.05) is 30.3 Å². The van der Waals surface area contributed by atoms with Crippen LogP contribution in [0.2, 0.25) is 0 Å². The van der Waals surface area contributed by atoms with Gasteiger partial charge in [-0.2, -0.15) is 26.3 Å². The average Bonchev–Trinajstić information content (AvgIpc) is 2.51. The van der Waals surface area contributed by atoms with Crippen molar-refractivity contribution in [2.45, 2.75) is 18.5 Å². The van der Waals surface area contributed by atoms with Crippen LogP contribution in [0, 0.1) is 0 Å². The predicted molar refractivity (Wildman–Crippen MR) is 75.5 cm³/mol. The SMILES string of the molecule is NC(=O)C(Oc1cc(C(F)(F)F)cc(C(F)(F)F)c1)c1ccccc1. The molecule has 2 aromatic carbocycles. The lowest BCUT2D eigenvalue weighted by molar-refractivity contribution is -0.143. The number of halogens is 6. The van der Waals surface area contributed by atoms with E-state index in [1.165, 1.54) is 24.3 Å². The van der Waals surface area contributed by atoms with Crippen LogP contribution in [0.15, 0.2) is 48.5 Å². The molecule has 0 spiro atoms. The maximum absolute atomic E-state index is 12.8. The zero-order valence-electron chi connectivity index (χ0n) is 12.4. The Morgan fingerprint density at radius 1 is 0.880 bits per heavy atom. The number of hydrogen-bond acceptors (Lipinski definition) is 2. The third kappa shape index (κ3) is 4.65. The first kappa shape index (κ1) is 18.6. The second kappa shape index (κ2) is 6.66. The molecule has 0 saturated carbocycles. The van der Waals surface area contributed by atoms with Crippen molar-refractivity contribution in [3.63, 3.8) is 0 Å². The van der Waals surface area contributed by atoms with Gasteiger partial charge in [0.15, 0.2) is 0 Å². The minimum Gasteiger partial charge on any atom is -0.476 e. The zero-order valence-corrected chi connectivity index (χ0v) is 12.4. The van der Waals surface area contributed by atoms with E-state index in [-0.39, 0.29) is 11.6 Å². The second-order valence-electron chi connectivity index (χ2n) is 5.05. The lowest BCUT2D eigenvalue weighted by Crippen LogP contribution is -2.26. The maximum atomic E-state index is 12.8. The number of primary amides is 1. The molecule has 0 aliphatic rings. The molecular weight excluding hydrogens is 352 g/mol. The van der Waals surface area contributed by atoms with Gasteiger partial charge in [0, 0.05) is 5.56 Å². The van der Waals surface area contributed by atoms with Gasteiger partial charge in [-0.15, -0.1) is 0 Å². The molecule has 1 atom stereocenters. The molecule has 0 heterocycles. The summed E-state index contributed by atoms with van der Waals surface area (Å²) in [5, 5.41) is 0. The summed E-state index contributed by atoms with van der Waals surface area (Å²) < 4.78 is 82.1. The normalized spacial score (nSPS) is 13.4. The standard InChI is InChI=1S/C16H11F6NO2/c17-15(18,19)10-6-11(16(20,21)22)8-12(7-10)25-13(14(23)24)9-4-2-1-3-5-9/h1-8,13H,(H2,23,24). The Labute approximate surface area is 138 Å². The third-order valence-corrected chi connectivity index (χ3v) is 3.18. The first-order valence-electron chi connectivity index (χ1n) is 6.79. The molecule has 0 fully saturated rings. The Bertz CT molecular complexity index is 723. The number of carbonyl (C=O) groups is 1. The minimum absolute atomic E-state index is 0.0331. The summed E-state index contributed by atoms with van der Waals surface area (Å²) >= 11 is 0. The number of benzene rings is 2. The van der Waals surface area contributed by atoms with Gasteiger partial charge in [-0.05, 0) is 18.2 Å². The molecule has 1 amide bonds. The summed E-state index contributed by atoms with van der Waals surface area (Å²) in [4.78, 5) is 11.5. The molecule has 2 aromatic rings. The van der Waals surface area contributed by atoms with Crippen molar-refractivity contribution in [1.82, 2.24) is 0 Å². The Kier molecular flexibility index (Phi) is 4.96. The summed E-state index contributed by atoms with van der Waals surface area (Å²) in [5.74, 6) is -1.83. The maximum Gasteiger partial charge on any atom is 0.416 e. The van der Waals surface area contributed by atoms with Crippen molar-refractivity contribution in [2.24, 2.45) is 5.73 Å². The van der Waals surface area contributed by atoms with E-state index in [1.807, 2.05) is 0 Å². The molecule has 0 saturated heterocycles. The Hall–Kier alpha value is -2.71. The number of nitrogens with two attached hydrogens (primary N) is 1. The first-order chi connectivity index (χ1) is 11.5. The topological polar surface area (TPSA) is 52.3 Å². The van der Waals surface area contributed by atoms with Gasteiger partial charge in [0.25, 0.3) is 5.91 Å². The van der Waals surface area contributed by atoms with E-state index in [9.17, 15) is 31.1 Å². The number of carbonyl (C=O) groups excluding carboxylic acids is 1. The smallest absolute Gasteiger partial charge is 0.416 e. The quantitative estimate of drug-likeness (QED) is 0.822. The van der Waals surface area contributed by atoms with Gasteiger partial charge in [0.2, 0.25) is 6.10 Å². The molecule has 3 nitrogen and oxygen atoms in total. The van der Waals surface area contributed by atoms with Crippen molar-refractivity contribution in [2.75, 3.05) is 0 Å². The zero-order chi connectivity index (χ0) is 18.8. The first-order valence-corrected chi connectivity index (χ1v) is 6.79. The van der Waals surface area contributed by atoms with Crippen LogP contribution in [-0.4, -0.2) is 5.91 Å². The van der Waals surface area contributed by atoms with Crippen molar-refractivity contribution >= 4 is 5.91 Å². The largest absolute Gasteiger partial charge is 0.476 e. The summed E-state index contributed by atoms with van der Waals surface area (Å²) in [6.07, 6.45) is -11.6. The monoisotopic (exact) mass is 363 g/mol. The van der Waals surface area contributed by atoms with Crippen LogP contribution in [0.1, 0.15) is 22.8 Å². The summed E-state index contributed by atoms with van der Waals surface area (Å²) in [6.45, 7) is 0. The van der Waals surface area contributed by atoms with Crippen LogP contribution in [-0.2, 0) is 17.1 Å². The van der Waals surface area contributed by atoms with Gasteiger partial charge in [0.1, 0.15) is 5.75 Å². The fraction of sp³-hybridized carbons (Fsp3) is 0.188. The summed E-state index contributed by atoms with van der Waals surface area (Å²) in [7, 11) is 0. The van der Waals surface area contributed by atoms with Crippen molar-refractivity contribution in [3.05, 3.63) is 65.2 Å². The summed E-state index contributed by atoms with van der Waals surface area (Å²) in [5.41, 5.74) is 2.26. The molecular formula is C16H11F6NO2. The van der Waals surface area contributed by atoms with Crippen LogP contribution in [0.3, 0.4) is 0 Å². The van der Waals surface area contributed by atoms with E-state index in [2.05, 4.69) is 0 Å². The highest BCUT2D eigenvalue weighted by Gasteiger charge is 2.37. The number of rotatable bonds is 4. The van der Waals surface area contributed by atoms with Gasteiger partial charge in [-0.3, -0.25) is 4.79 Å². The fourth-order valence-electron chi connectivity index (χ4n) is 2.05. The predicted octanol–water partition coefficient (Wildman–Crippen LogP) is 4.33. The van der Waals surface area contributed by atoms with Crippen molar-refractivity contribution < 1.29 is 35.9 Å². The molecule has 134 valence electrons.